The first-order chi connectivity index (χ1) is 18.0. The average Bonchev–Trinajstić information content (AvgIpc) is 3.44. The molecular formula is C28H44N6O5. The zero-order valence-corrected chi connectivity index (χ0v) is 24.2. The molecule has 216 valence electrons. The highest BCUT2D eigenvalue weighted by molar-refractivity contribution is 5.94. The minimum atomic E-state index is -0.953. The van der Waals surface area contributed by atoms with Crippen LogP contribution in [-0.4, -0.2) is 71.7 Å². The van der Waals surface area contributed by atoms with Gasteiger partial charge in [-0.2, -0.15) is 5.26 Å². The molecule has 3 saturated heterocycles. The lowest BCUT2D eigenvalue weighted by Crippen LogP contribution is -2.60. The summed E-state index contributed by atoms with van der Waals surface area (Å²) in [6, 6.07) is -1.37. The van der Waals surface area contributed by atoms with Crippen molar-refractivity contribution >= 4 is 29.5 Å². The Kier molecular flexibility index (Phi) is 8.98. The molecule has 0 radical (unpaired) electrons. The Morgan fingerprint density at radius 3 is 2.31 bits per heavy atom. The van der Waals surface area contributed by atoms with Crippen molar-refractivity contribution in [3.63, 3.8) is 0 Å². The highest BCUT2D eigenvalue weighted by atomic mass is 16.2. The summed E-state index contributed by atoms with van der Waals surface area (Å²) < 4.78 is 0. The Hall–Kier alpha value is -3.16. The minimum absolute atomic E-state index is 0.0649. The van der Waals surface area contributed by atoms with Gasteiger partial charge in [-0.25, -0.2) is 0 Å². The Morgan fingerprint density at radius 2 is 1.72 bits per heavy atom. The van der Waals surface area contributed by atoms with Crippen LogP contribution in [0.25, 0.3) is 0 Å². The van der Waals surface area contributed by atoms with Crippen molar-refractivity contribution in [1.29, 1.82) is 5.26 Å². The van der Waals surface area contributed by atoms with Gasteiger partial charge in [0, 0.05) is 24.4 Å². The van der Waals surface area contributed by atoms with Gasteiger partial charge in [-0.05, 0) is 42.9 Å². The summed E-state index contributed by atoms with van der Waals surface area (Å²) >= 11 is 0. The lowest BCUT2D eigenvalue weighted by molar-refractivity contribution is -0.145. The third-order valence-electron chi connectivity index (χ3n) is 8.43. The first kappa shape index (κ1) is 30.4. The zero-order chi connectivity index (χ0) is 29.3. The van der Waals surface area contributed by atoms with E-state index in [9.17, 15) is 29.2 Å². The SMILES string of the molecule is CC(C)[C@@H]1C[C@H]2C(=O)NC(C#N)C[C@@H]3C[C@H](NC3=O)C(=O)NCCC(C)(C)[C@H](NC(=O)C(C)(C)C)C(=O)N2C1. The van der Waals surface area contributed by atoms with E-state index in [0.29, 0.717) is 19.4 Å². The molecular weight excluding hydrogens is 500 g/mol. The molecule has 0 aromatic rings. The normalized spacial score (nSPS) is 32.1. The van der Waals surface area contributed by atoms with Crippen molar-refractivity contribution in [3.8, 4) is 6.07 Å². The highest BCUT2D eigenvalue weighted by Gasteiger charge is 2.48. The number of hydrogen-bond donors (Lipinski definition) is 4. The molecule has 3 aliphatic heterocycles. The summed E-state index contributed by atoms with van der Waals surface area (Å²) in [4.78, 5) is 67.8. The highest BCUT2D eigenvalue weighted by Crippen LogP contribution is 2.34. The van der Waals surface area contributed by atoms with E-state index in [1.807, 2.05) is 27.7 Å². The molecule has 0 aromatic heterocycles. The Labute approximate surface area is 231 Å². The number of carbonyl (C=O) groups excluding carboxylic acids is 5. The van der Waals surface area contributed by atoms with Crippen molar-refractivity contribution in [2.24, 2.45) is 28.6 Å². The fraction of sp³-hybridized carbons (Fsp3) is 0.786. The van der Waals surface area contributed by atoms with Crippen LogP contribution < -0.4 is 21.3 Å². The maximum atomic E-state index is 14.2. The van der Waals surface area contributed by atoms with Crippen LogP contribution in [-0.2, 0) is 24.0 Å². The molecule has 1 unspecified atom stereocenters. The maximum Gasteiger partial charge on any atom is 0.246 e. The molecule has 2 bridgehead atoms. The first-order valence-electron chi connectivity index (χ1n) is 13.9. The van der Waals surface area contributed by atoms with Gasteiger partial charge in [-0.15, -0.1) is 0 Å². The summed E-state index contributed by atoms with van der Waals surface area (Å²) in [6.45, 7) is 13.7. The molecule has 0 spiro atoms. The van der Waals surface area contributed by atoms with Crippen LogP contribution in [0.4, 0.5) is 0 Å². The molecule has 3 heterocycles. The van der Waals surface area contributed by atoms with E-state index in [1.165, 1.54) is 0 Å². The predicted octanol–water partition coefficient (Wildman–Crippen LogP) is 0.840. The number of hydrogen-bond acceptors (Lipinski definition) is 6. The molecule has 0 aliphatic carbocycles. The van der Waals surface area contributed by atoms with Crippen LogP contribution in [0.3, 0.4) is 0 Å². The molecule has 39 heavy (non-hydrogen) atoms. The molecule has 11 nitrogen and oxygen atoms in total. The van der Waals surface area contributed by atoms with Gasteiger partial charge >= 0.3 is 0 Å². The van der Waals surface area contributed by atoms with Gasteiger partial charge in [0.1, 0.15) is 24.2 Å². The van der Waals surface area contributed by atoms with Crippen LogP contribution in [0.15, 0.2) is 0 Å². The summed E-state index contributed by atoms with van der Waals surface area (Å²) in [7, 11) is 0. The Morgan fingerprint density at radius 1 is 1.05 bits per heavy atom. The third kappa shape index (κ3) is 6.89. The molecule has 5 amide bonds. The van der Waals surface area contributed by atoms with Gasteiger partial charge in [0.2, 0.25) is 29.5 Å². The van der Waals surface area contributed by atoms with Crippen LogP contribution in [0, 0.1) is 39.9 Å². The molecule has 0 aromatic carbocycles. The lowest BCUT2D eigenvalue weighted by Gasteiger charge is -2.39. The number of rotatable bonds is 2. The number of fused-ring (bicyclic) bond motifs is 3. The summed E-state index contributed by atoms with van der Waals surface area (Å²) in [5, 5.41) is 21.0. The maximum absolute atomic E-state index is 14.2. The fourth-order valence-corrected chi connectivity index (χ4v) is 5.54. The number of nitrogens with one attached hydrogen (secondary N) is 4. The van der Waals surface area contributed by atoms with Crippen molar-refractivity contribution < 1.29 is 24.0 Å². The van der Waals surface area contributed by atoms with Gasteiger partial charge in [-0.1, -0.05) is 48.5 Å². The minimum Gasteiger partial charge on any atom is -0.354 e. The smallest absolute Gasteiger partial charge is 0.246 e. The standard InChI is InChI=1S/C28H44N6O5/c1-15(2)17-12-20-24(37)31-18(13-29)10-16-11-19(32-22(16)35)23(36)30-9-8-28(6,7)21(25(38)34(20)14-17)33-26(39)27(3,4)5/h15-21H,8-12,14H2,1-7H3,(H,30,36)(H,31,37)(H,32,35)(H,33,39)/t16-,17-,18?,19+,20+,21-/m1/s1. The van der Waals surface area contributed by atoms with Gasteiger partial charge in [0.05, 0.1) is 6.07 Å². The van der Waals surface area contributed by atoms with E-state index in [2.05, 4.69) is 27.3 Å². The van der Waals surface area contributed by atoms with Crippen molar-refractivity contribution in [1.82, 2.24) is 26.2 Å². The van der Waals surface area contributed by atoms with Gasteiger partial charge < -0.3 is 26.2 Å². The monoisotopic (exact) mass is 544 g/mol. The van der Waals surface area contributed by atoms with E-state index in [1.54, 1.807) is 25.7 Å². The van der Waals surface area contributed by atoms with E-state index < -0.39 is 46.8 Å². The van der Waals surface area contributed by atoms with E-state index >= 15 is 0 Å². The Balaban J connectivity index is 2.01. The predicted molar refractivity (Wildman–Crippen MR) is 143 cm³/mol. The van der Waals surface area contributed by atoms with E-state index in [0.717, 1.165) is 0 Å². The number of amides is 5. The van der Waals surface area contributed by atoms with E-state index in [-0.39, 0.29) is 54.9 Å². The molecule has 3 rings (SSSR count). The summed E-state index contributed by atoms with van der Waals surface area (Å²) in [5.74, 6) is -2.07. The van der Waals surface area contributed by atoms with Gasteiger partial charge in [0.15, 0.2) is 0 Å². The second kappa shape index (κ2) is 11.5. The molecule has 11 heteroatoms. The third-order valence-corrected chi connectivity index (χ3v) is 8.43. The van der Waals surface area contributed by atoms with Crippen LogP contribution in [0.5, 0.6) is 0 Å². The molecule has 3 aliphatic rings. The molecule has 4 N–H and O–H groups in total. The van der Waals surface area contributed by atoms with Crippen LogP contribution >= 0.6 is 0 Å². The second-order valence-corrected chi connectivity index (χ2v) is 13.4. The quantitative estimate of drug-likeness (QED) is 0.403. The van der Waals surface area contributed by atoms with Crippen LogP contribution in [0.2, 0.25) is 0 Å². The first-order valence-corrected chi connectivity index (χ1v) is 13.9. The second-order valence-electron chi connectivity index (χ2n) is 13.4. The van der Waals surface area contributed by atoms with Crippen molar-refractivity contribution in [2.75, 3.05) is 13.1 Å². The lowest BCUT2D eigenvalue weighted by atomic mass is 9.79. The molecule has 0 saturated carbocycles. The molecule has 3 fully saturated rings. The fourth-order valence-electron chi connectivity index (χ4n) is 5.54. The number of carbonyl (C=O) groups is 5. The zero-order valence-electron chi connectivity index (χ0n) is 24.2. The number of nitrogens with zero attached hydrogens (tertiary/aromatic N) is 2. The van der Waals surface area contributed by atoms with Gasteiger partial charge in [-0.3, -0.25) is 24.0 Å². The Bertz CT molecular complexity index is 1040. The number of nitriles is 1. The summed E-state index contributed by atoms with van der Waals surface area (Å²) in [5.41, 5.74) is -1.53. The summed E-state index contributed by atoms with van der Waals surface area (Å²) in [6.07, 6.45) is 1.12. The molecule has 6 atom stereocenters. The topological polar surface area (TPSA) is 160 Å². The van der Waals surface area contributed by atoms with Crippen molar-refractivity contribution in [3.05, 3.63) is 0 Å². The van der Waals surface area contributed by atoms with Gasteiger partial charge in [0.25, 0.3) is 0 Å². The van der Waals surface area contributed by atoms with Crippen molar-refractivity contribution in [2.45, 2.75) is 98.3 Å². The average molecular weight is 545 g/mol. The van der Waals surface area contributed by atoms with E-state index in [4.69, 9.17) is 0 Å². The van der Waals surface area contributed by atoms with Crippen LogP contribution in [0.1, 0.15) is 74.1 Å². The largest absolute Gasteiger partial charge is 0.354 e.